The van der Waals surface area contributed by atoms with Crippen LogP contribution in [0.5, 0.6) is 0 Å². The second-order valence-corrected chi connectivity index (χ2v) is 7.11. The van der Waals surface area contributed by atoms with Gasteiger partial charge in [-0.1, -0.05) is 0 Å². The Balaban J connectivity index is 2.52. The van der Waals surface area contributed by atoms with Crippen LogP contribution in [-0.2, 0) is 24.2 Å². The number of imide groups is 1. The summed E-state index contributed by atoms with van der Waals surface area (Å²) in [5, 5.41) is 4.30. The van der Waals surface area contributed by atoms with Crippen molar-refractivity contribution in [2.45, 2.75) is 31.3 Å². The average Bonchev–Trinajstić information content (AvgIpc) is 2.53. The lowest BCUT2D eigenvalue weighted by molar-refractivity contribution is -0.154. The fourth-order valence-electron chi connectivity index (χ4n) is 1.71. The molecule has 2 N–H and O–H groups in total. The van der Waals surface area contributed by atoms with Gasteiger partial charge in [-0.3, -0.25) is 14.9 Å². The molecular formula is C15H19FN2O6S. The summed E-state index contributed by atoms with van der Waals surface area (Å²) in [6, 6.07) is 3.46. The number of sulfone groups is 1. The predicted octanol–water partition coefficient (Wildman–Crippen LogP) is 0.767. The largest absolute Gasteiger partial charge is 0.453 e. The van der Waals surface area contributed by atoms with Gasteiger partial charge in [-0.15, -0.1) is 0 Å². The maximum Gasteiger partial charge on any atom is 0.321 e. The van der Waals surface area contributed by atoms with Crippen LogP contribution in [0.4, 0.5) is 9.18 Å². The van der Waals surface area contributed by atoms with Crippen molar-refractivity contribution < 1.29 is 31.9 Å². The molecule has 0 saturated heterocycles. The molecule has 10 heteroatoms. The number of halogens is 1. The molecule has 0 aliphatic carbocycles. The van der Waals surface area contributed by atoms with Gasteiger partial charge in [0.2, 0.25) is 0 Å². The minimum atomic E-state index is -3.79. The zero-order chi connectivity index (χ0) is 19.0. The molecule has 25 heavy (non-hydrogen) atoms. The average molecular weight is 374 g/mol. The first-order chi connectivity index (χ1) is 11.7. The van der Waals surface area contributed by atoms with Crippen LogP contribution in [0, 0.1) is 5.82 Å². The van der Waals surface area contributed by atoms with Crippen LogP contribution in [-0.4, -0.2) is 44.7 Å². The first-order valence-electron chi connectivity index (χ1n) is 7.42. The number of esters is 1. The lowest BCUT2D eigenvalue weighted by Gasteiger charge is -2.13. The van der Waals surface area contributed by atoms with Crippen molar-refractivity contribution in [1.82, 2.24) is 10.6 Å². The quantitative estimate of drug-likeness (QED) is 0.537. The number of rotatable bonds is 7. The van der Waals surface area contributed by atoms with E-state index in [1.54, 1.807) is 6.92 Å². The Morgan fingerprint density at radius 1 is 1.20 bits per heavy atom. The Hall–Kier alpha value is -2.49. The smallest absolute Gasteiger partial charge is 0.321 e. The number of hydrogen-bond donors (Lipinski definition) is 2. The number of amides is 3. The minimum Gasteiger partial charge on any atom is -0.453 e. The summed E-state index contributed by atoms with van der Waals surface area (Å²) < 4.78 is 41.6. The summed E-state index contributed by atoms with van der Waals surface area (Å²) in [4.78, 5) is 34.4. The maximum atomic E-state index is 12.8. The van der Waals surface area contributed by atoms with Crippen molar-refractivity contribution in [3.05, 3.63) is 30.1 Å². The molecule has 0 fully saturated rings. The van der Waals surface area contributed by atoms with E-state index in [2.05, 4.69) is 5.32 Å². The van der Waals surface area contributed by atoms with E-state index in [0.717, 1.165) is 24.3 Å². The van der Waals surface area contributed by atoms with E-state index in [0.29, 0.717) is 6.54 Å². The van der Waals surface area contributed by atoms with E-state index in [1.165, 1.54) is 6.92 Å². The Labute approximate surface area is 144 Å². The van der Waals surface area contributed by atoms with Crippen molar-refractivity contribution in [2.24, 2.45) is 0 Å². The highest BCUT2D eigenvalue weighted by atomic mass is 32.2. The van der Waals surface area contributed by atoms with E-state index >= 15 is 0 Å². The second-order valence-electron chi connectivity index (χ2n) is 5.00. The summed E-state index contributed by atoms with van der Waals surface area (Å²) in [5.41, 5.74) is 0. The molecule has 0 saturated carbocycles. The molecule has 0 spiro atoms. The molecule has 138 valence electrons. The van der Waals surface area contributed by atoms with Gasteiger partial charge in [-0.05, 0) is 38.1 Å². The lowest BCUT2D eigenvalue weighted by atomic mass is 10.3. The maximum absolute atomic E-state index is 12.8. The third-order valence-electron chi connectivity index (χ3n) is 3.00. The van der Waals surface area contributed by atoms with Crippen LogP contribution in [0.2, 0.25) is 0 Å². The second kappa shape index (κ2) is 9.11. The van der Waals surface area contributed by atoms with Gasteiger partial charge in [0.15, 0.2) is 15.9 Å². The van der Waals surface area contributed by atoms with Crippen LogP contribution in [0.3, 0.4) is 0 Å². The van der Waals surface area contributed by atoms with Crippen LogP contribution < -0.4 is 10.6 Å². The van der Waals surface area contributed by atoms with Gasteiger partial charge in [0, 0.05) is 6.54 Å². The van der Waals surface area contributed by atoms with Crippen molar-refractivity contribution >= 4 is 27.7 Å². The highest BCUT2D eigenvalue weighted by Gasteiger charge is 2.22. The number of carbonyl (C=O) groups excluding carboxylic acids is 3. The Bertz CT molecular complexity index is 733. The van der Waals surface area contributed by atoms with Crippen molar-refractivity contribution in [2.75, 3.05) is 12.3 Å². The third kappa shape index (κ3) is 6.87. The number of benzene rings is 1. The van der Waals surface area contributed by atoms with Gasteiger partial charge in [0.1, 0.15) is 5.82 Å². The number of hydrogen-bond acceptors (Lipinski definition) is 6. The molecule has 0 unspecified atom stereocenters. The van der Waals surface area contributed by atoms with Crippen molar-refractivity contribution in [3.8, 4) is 0 Å². The van der Waals surface area contributed by atoms with Crippen molar-refractivity contribution in [1.29, 1.82) is 0 Å². The molecule has 0 aromatic heterocycles. The molecule has 3 amide bonds. The predicted molar refractivity (Wildman–Crippen MR) is 85.8 cm³/mol. The molecule has 1 aromatic carbocycles. The molecule has 8 nitrogen and oxygen atoms in total. The first-order valence-corrected chi connectivity index (χ1v) is 9.07. The van der Waals surface area contributed by atoms with Gasteiger partial charge >= 0.3 is 12.0 Å². The van der Waals surface area contributed by atoms with E-state index in [4.69, 9.17) is 4.74 Å². The first kappa shape index (κ1) is 20.6. The molecule has 0 heterocycles. The zero-order valence-corrected chi connectivity index (χ0v) is 14.6. The molecule has 1 atom stereocenters. The van der Waals surface area contributed by atoms with Gasteiger partial charge in [0.25, 0.3) is 5.91 Å². The standard InChI is InChI=1S/C15H19FN2O6S/c1-3-17-15(21)18-14(20)10(2)24-13(19)8-9-25(22,23)12-6-4-11(16)5-7-12/h4-7,10H,3,8-9H2,1-2H3,(H2,17,18,20,21)/t10-/m1/s1. The van der Waals surface area contributed by atoms with Crippen LogP contribution in [0.25, 0.3) is 0 Å². The molecule has 1 aromatic rings. The molecular weight excluding hydrogens is 355 g/mol. The van der Waals surface area contributed by atoms with Crippen LogP contribution >= 0.6 is 0 Å². The van der Waals surface area contributed by atoms with Crippen LogP contribution in [0.15, 0.2) is 29.2 Å². The number of carbonyl (C=O) groups is 3. The highest BCUT2D eigenvalue weighted by Crippen LogP contribution is 2.13. The van der Waals surface area contributed by atoms with Crippen LogP contribution in [0.1, 0.15) is 20.3 Å². The Morgan fingerprint density at radius 2 is 1.80 bits per heavy atom. The number of ether oxygens (including phenoxy) is 1. The van der Waals surface area contributed by atoms with E-state index in [9.17, 15) is 27.2 Å². The fraction of sp³-hybridized carbons (Fsp3) is 0.400. The lowest BCUT2D eigenvalue weighted by Crippen LogP contribution is -2.44. The number of nitrogens with one attached hydrogen (secondary N) is 2. The zero-order valence-electron chi connectivity index (χ0n) is 13.7. The number of urea groups is 1. The van der Waals surface area contributed by atoms with E-state index < -0.39 is 51.8 Å². The monoisotopic (exact) mass is 374 g/mol. The summed E-state index contributed by atoms with van der Waals surface area (Å²) in [7, 11) is -3.79. The van der Waals surface area contributed by atoms with E-state index in [1.807, 2.05) is 5.32 Å². The SMILES string of the molecule is CCNC(=O)NC(=O)[C@@H](C)OC(=O)CCS(=O)(=O)c1ccc(F)cc1. The molecule has 0 radical (unpaired) electrons. The summed E-state index contributed by atoms with van der Waals surface area (Å²) in [5.74, 6) is -2.88. The van der Waals surface area contributed by atoms with Gasteiger partial charge in [0.05, 0.1) is 17.1 Å². The summed E-state index contributed by atoms with van der Waals surface area (Å²) in [6.45, 7) is 3.23. The molecule has 0 aliphatic heterocycles. The van der Waals surface area contributed by atoms with Gasteiger partial charge in [-0.2, -0.15) is 0 Å². The summed E-state index contributed by atoms with van der Waals surface area (Å²) in [6.07, 6.45) is -1.75. The van der Waals surface area contributed by atoms with Gasteiger partial charge in [-0.25, -0.2) is 17.6 Å². The molecule has 0 aliphatic rings. The van der Waals surface area contributed by atoms with Gasteiger partial charge < -0.3 is 10.1 Å². The Morgan fingerprint density at radius 3 is 2.36 bits per heavy atom. The minimum absolute atomic E-state index is 0.122. The van der Waals surface area contributed by atoms with E-state index in [-0.39, 0.29) is 4.90 Å². The normalized spacial score (nSPS) is 12.1. The van der Waals surface area contributed by atoms with Crippen molar-refractivity contribution in [3.63, 3.8) is 0 Å². The summed E-state index contributed by atoms with van der Waals surface area (Å²) >= 11 is 0. The molecule has 1 rings (SSSR count). The topological polar surface area (TPSA) is 119 Å². The Kier molecular flexibility index (Phi) is 7.49. The highest BCUT2D eigenvalue weighted by molar-refractivity contribution is 7.91. The molecule has 0 bridgehead atoms. The fourth-order valence-corrected chi connectivity index (χ4v) is 2.93. The third-order valence-corrected chi connectivity index (χ3v) is 4.73.